The molecule has 2 amide bonds. The first kappa shape index (κ1) is 29.1. The molecule has 2 aromatic carbocycles. The van der Waals surface area contributed by atoms with Crippen molar-refractivity contribution in [3.05, 3.63) is 88.2 Å². The molecule has 1 aliphatic rings. The van der Waals surface area contributed by atoms with Crippen LogP contribution >= 0.6 is 23.2 Å². The zero-order valence-electron chi connectivity index (χ0n) is 20.9. The molecule has 8 nitrogen and oxygen atoms in total. The van der Waals surface area contributed by atoms with Gasteiger partial charge in [-0.3, -0.25) is 14.6 Å². The van der Waals surface area contributed by atoms with Gasteiger partial charge in [0.25, 0.3) is 5.91 Å². The van der Waals surface area contributed by atoms with Crippen molar-refractivity contribution in [2.75, 3.05) is 19.6 Å². The van der Waals surface area contributed by atoms with Gasteiger partial charge in [0.1, 0.15) is 6.04 Å². The number of aromatic nitrogens is 1. The number of rotatable bonds is 7. The van der Waals surface area contributed by atoms with E-state index >= 15 is 0 Å². The summed E-state index contributed by atoms with van der Waals surface area (Å²) in [6.07, 6.45) is 4.97. The number of halogens is 2. The highest BCUT2D eigenvalue weighted by Crippen LogP contribution is 2.33. The molecule has 1 fully saturated rings. The first-order valence-corrected chi connectivity index (χ1v) is 12.9. The molecule has 4 N–H and O–H groups in total. The van der Waals surface area contributed by atoms with Crippen LogP contribution in [0.4, 0.5) is 0 Å². The van der Waals surface area contributed by atoms with E-state index in [9.17, 15) is 19.5 Å². The van der Waals surface area contributed by atoms with Crippen LogP contribution in [0, 0.1) is 12.8 Å². The Morgan fingerprint density at radius 2 is 1.76 bits per heavy atom. The number of nitrogens with zero attached hydrogens (tertiary/aromatic N) is 1. The fraction of sp³-hybridized carbons (Fsp3) is 0.286. The van der Waals surface area contributed by atoms with Gasteiger partial charge in [-0.2, -0.15) is 0 Å². The van der Waals surface area contributed by atoms with Crippen molar-refractivity contribution in [3.63, 3.8) is 0 Å². The summed E-state index contributed by atoms with van der Waals surface area (Å²) in [5, 5.41) is 18.6. The Morgan fingerprint density at radius 3 is 2.42 bits per heavy atom. The molecule has 1 atom stereocenters. The maximum absolute atomic E-state index is 12.1. The first-order chi connectivity index (χ1) is 18.3. The normalized spacial score (nSPS) is 14.0. The summed E-state index contributed by atoms with van der Waals surface area (Å²) in [6, 6.07) is 15.0. The number of amides is 2. The quantitative estimate of drug-likeness (QED) is 0.343. The van der Waals surface area contributed by atoms with Crippen molar-refractivity contribution >= 4 is 41.0 Å². The molecule has 0 saturated carbocycles. The monoisotopic (exact) mass is 556 g/mol. The number of hydrogen-bond donors (Lipinski definition) is 4. The molecule has 200 valence electrons. The third kappa shape index (κ3) is 8.55. The molecule has 3 aromatic rings. The predicted octanol–water partition coefficient (Wildman–Crippen LogP) is 4.35. The lowest BCUT2D eigenvalue weighted by molar-refractivity contribution is -0.142. The van der Waals surface area contributed by atoms with E-state index in [1.54, 1.807) is 42.6 Å². The molecular formula is C28H30Cl2N4O4. The van der Waals surface area contributed by atoms with Gasteiger partial charge in [0.05, 0.1) is 10.0 Å². The van der Waals surface area contributed by atoms with E-state index in [0.717, 1.165) is 29.8 Å². The van der Waals surface area contributed by atoms with E-state index in [4.69, 9.17) is 23.2 Å². The fourth-order valence-electron chi connectivity index (χ4n) is 3.89. The Morgan fingerprint density at radius 1 is 1.05 bits per heavy atom. The number of carboxylic acids is 1. The van der Waals surface area contributed by atoms with Gasteiger partial charge in [0.15, 0.2) is 0 Å². The van der Waals surface area contributed by atoms with Gasteiger partial charge in [-0.15, -0.1) is 0 Å². The second kappa shape index (κ2) is 14.5. The summed E-state index contributed by atoms with van der Waals surface area (Å²) in [7, 11) is 0. The van der Waals surface area contributed by atoms with Gasteiger partial charge >= 0.3 is 5.97 Å². The van der Waals surface area contributed by atoms with E-state index in [2.05, 4.69) is 20.9 Å². The molecule has 1 unspecified atom stereocenters. The van der Waals surface area contributed by atoms with Crippen molar-refractivity contribution in [3.8, 4) is 11.1 Å². The molecule has 4 rings (SSSR count). The number of nitrogens with one attached hydrogen (secondary N) is 3. The molecule has 0 bridgehead atoms. The summed E-state index contributed by atoms with van der Waals surface area (Å²) in [5.74, 6) is -1.98. The average molecular weight is 557 g/mol. The lowest BCUT2D eigenvalue weighted by Crippen LogP contribution is -2.51. The number of hydrogen-bond acceptors (Lipinski definition) is 5. The number of aryl methyl sites for hydroxylation is 1. The highest BCUT2D eigenvalue weighted by Gasteiger charge is 2.26. The van der Waals surface area contributed by atoms with Crippen LogP contribution in [-0.4, -0.2) is 53.6 Å². The summed E-state index contributed by atoms with van der Waals surface area (Å²) in [4.78, 5) is 39.5. The van der Waals surface area contributed by atoms with Gasteiger partial charge < -0.3 is 21.1 Å². The molecule has 38 heavy (non-hydrogen) atoms. The summed E-state index contributed by atoms with van der Waals surface area (Å²) in [5.41, 5.74) is 3.45. The minimum Gasteiger partial charge on any atom is -0.480 e. The molecule has 0 radical (unpaired) electrons. The summed E-state index contributed by atoms with van der Waals surface area (Å²) in [6.45, 7) is 3.34. The first-order valence-electron chi connectivity index (χ1n) is 12.2. The molecular weight excluding hydrogens is 527 g/mol. The standard InChI is InChI=1S/C16H21N3O4.C12H9Cl2N/c20-14(11-4-2-1-3-5-11)18-10-13(16(22)23)19-15(21)12-6-8-17-9-7-12;1-8-5-9(7-15-6-8)10-3-2-4-11(13)12(10)14/h1-5,12-13,17H,6-10H2,(H,18,20)(H,19,21)(H,22,23);2-7H,1H3. The smallest absolute Gasteiger partial charge is 0.328 e. The van der Waals surface area contributed by atoms with Gasteiger partial charge in [-0.05, 0) is 62.7 Å². The highest BCUT2D eigenvalue weighted by atomic mass is 35.5. The number of aliphatic carboxylic acids is 1. The van der Waals surface area contributed by atoms with Crippen molar-refractivity contribution in [2.45, 2.75) is 25.8 Å². The third-order valence-corrected chi connectivity index (χ3v) is 6.78. The van der Waals surface area contributed by atoms with E-state index in [-0.39, 0.29) is 24.3 Å². The number of carbonyl (C=O) groups is 3. The van der Waals surface area contributed by atoms with Crippen LogP contribution in [0.15, 0.2) is 67.0 Å². The van der Waals surface area contributed by atoms with E-state index in [0.29, 0.717) is 28.5 Å². The lowest BCUT2D eigenvalue weighted by Gasteiger charge is -2.24. The second-order valence-corrected chi connectivity index (χ2v) is 9.64. The van der Waals surface area contributed by atoms with Crippen LogP contribution in [-0.2, 0) is 9.59 Å². The highest BCUT2D eigenvalue weighted by molar-refractivity contribution is 6.43. The predicted molar refractivity (Wildman–Crippen MR) is 148 cm³/mol. The zero-order valence-corrected chi connectivity index (χ0v) is 22.4. The zero-order chi connectivity index (χ0) is 27.5. The van der Waals surface area contributed by atoms with Crippen LogP contribution in [0.5, 0.6) is 0 Å². The molecule has 1 saturated heterocycles. The molecule has 0 aliphatic carbocycles. The molecule has 1 aliphatic heterocycles. The molecule has 2 heterocycles. The van der Waals surface area contributed by atoms with Gasteiger partial charge in [-0.1, -0.05) is 53.5 Å². The van der Waals surface area contributed by atoms with Crippen molar-refractivity contribution in [1.82, 2.24) is 20.9 Å². The van der Waals surface area contributed by atoms with Crippen LogP contribution in [0.2, 0.25) is 10.0 Å². The largest absolute Gasteiger partial charge is 0.480 e. The minimum atomic E-state index is -1.17. The Bertz CT molecular complexity index is 1250. The van der Waals surface area contributed by atoms with E-state index < -0.39 is 12.0 Å². The lowest BCUT2D eigenvalue weighted by atomic mass is 9.97. The fourth-order valence-corrected chi connectivity index (χ4v) is 4.30. The van der Waals surface area contributed by atoms with E-state index in [1.165, 1.54) is 0 Å². The number of benzene rings is 2. The SMILES string of the molecule is Cc1cncc(-c2cccc(Cl)c2Cl)c1.O=C(NCC(NC(=O)C1CCNCC1)C(=O)O)c1ccccc1. The third-order valence-electron chi connectivity index (χ3n) is 5.96. The summed E-state index contributed by atoms with van der Waals surface area (Å²) < 4.78 is 0. The van der Waals surface area contributed by atoms with Crippen molar-refractivity contribution in [1.29, 1.82) is 0 Å². The van der Waals surface area contributed by atoms with Gasteiger partial charge in [0, 0.05) is 41.5 Å². The summed E-state index contributed by atoms with van der Waals surface area (Å²) >= 11 is 12.1. The Hall–Kier alpha value is -3.46. The Balaban J connectivity index is 0.000000230. The van der Waals surface area contributed by atoms with Crippen LogP contribution in [0.1, 0.15) is 28.8 Å². The maximum atomic E-state index is 12.1. The molecule has 0 spiro atoms. The number of piperidine rings is 1. The molecule has 1 aromatic heterocycles. The van der Waals surface area contributed by atoms with E-state index in [1.807, 2.05) is 31.3 Å². The topological polar surface area (TPSA) is 120 Å². The van der Waals surface area contributed by atoms with Crippen LogP contribution < -0.4 is 16.0 Å². The maximum Gasteiger partial charge on any atom is 0.328 e. The Labute approximate surface area is 231 Å². The van der Waals surface area contributed by atoms with Crippen LogP contribution in [0.3, 0.4) is 0 Å². The minimum absolute atomic E-state index is 0.153. The number of carbonyl (C=O) groups excluding carboxylic acids is 2. The second-order valence-electron chi connectivity index (χ2n) is 8.85. The van der Waals surface area contributed by atoms with Crippen molar-refractivity contribution in [2.24, 2.45) is 5.92 Å². The van der Waals surface area contributed by atoms with Gasteiger partial charge in [-0.25, -0.2) is 4.79 Å². The Kier molecular flexibility index (Phi) is 11.1. The number of pyridine rings is 1. The van der Waals surface area contributed by atoms with Crippen molar-refractivity contribution < 1.29 is 19.5 Å². The molecule has 10 heteroatoms. The van der Waals surface area contributed by atoms with Crippen LogP contribution in [0.25, 0.3) is 11.1 Å². The number of carboxylic acid groups (broad SMARTS) is 1. The van der Waals surface area contributed by atoms with Gasteiger partial charge in [0.2, 0.25) is 5.91 Å². The average Bonchev–Trinajstić information content (AvgIpc) is 2.93.